The SMILES string of the molecule is CN(C)c1ccc(-n2cccc2/C=C2\SC(=Nc3ccc(Br)cc3)NC2=O)cc1. The van der Waals surface area contributed by atoms with Crippen LogP contribution in [0.3, 0.4) is 0 Å². The number of hydrogen-bond donors (Lipinski definition) is 1. The molecule has 0 saturated carbocycles. The number of amides is 1. The fraction of sp³-hybridized carbons (Fsp3) is 0.0909. The fourth-order valence-electron chi connectivity index (χ4n) is 2.91. The smallest absolute Gasteiger partial charge is 0.264 e. The molecule has 1 aromatic heterocycles. The van der Waals surface area contributed by atoms with Gasteiger partial charge in [0, 0.05) is 41.8 Å². The zero-order valence-corrected chi connectivity index (χ0v) is 18.4. The second-order valence-corrected chi connectivity index (χ2v) is 8.62. The van der Waals surface area contributed by atoms with Crippen molar-refractivity contribution in [2.24, 2.45) is 4.99 Å². The van der Waals surface area contributed by atoms with Gasteiger partial charge in [-0.05, 0) is 78.5 Å². The fourth-order valence-corrected chi connectivity index (χ4v) is 4.00. The van der Waals surface area contributed by atoms with Crippen LogP contribution in [0.2, 0.25) is 0 Å². The van der Waals surface area contributed by atoms with Gasteiger partial charge in [0.2, 0.25) is 0 Å². The van der Waals surface area contributed by atoms with Crippen LogP contribution in [0.4, 0.5) is 11.4 Å². The van der Waals surface area contributed by atoms with Gasteiger partial charge in [-0.15, -0.1) is 0 Å². The normalized spacial score (nSPS) is 16.4. The first-order chi connectivity index (χ1) is 14.0. The number of halogens is 1. The quantitative estimate of drug-likeness (QED) is 0.537. The van der Waals surface area contributed by atoms with Crippen LogP contribution in [0.15, 0.2) is 81.2 Å². The molecule has 1 saturated heterocycles. The highest BCUT2D eigenvalue weighted by Crippen LogP contribution is 2.29. The van der Waals surface area contributed by atoms with Crippen LogP contribution in [0.1, 0.15) is 5.69 Å². The predicted molar refractivity (Wildman–Crippen MR) is 125 cm³/mol. The molecule has 146 valence electrons. The molecule has 0 spiro atoms. The van der Waals surface area contributed by atoms with Crippen LogP contribution in [0, 0.1) is 0 Å². The highest BCUT2D eigenvalue weighted by atomic mass is 79.9. The molecule has 29 heavy (non-hydrogen) atoms. The molecule has 1 aliphatic rings. The van der Waals surface area contributed by atoms with E-state index in [4.69, 9.17) is 0 Å². The molecule has 1 N–H and O–H groups in total. The molecule has 0 radical (unpaired) electrons. The lowest BCUT2D eigenvalue weighted by Gasteiger charge is -2.13. The molecule has 1 amide bonds. The van der Waals surface area contributed by atoms with Gasteiger partial charge in [0.1, 0.15) is 0 Å². The second-order valence-electron chi connectivity index (χ2n) is 6.67. The van der Waals surface area contributed by atoms with Gasteiger partial charge in [-0.25, -0.2) is 4.99 Å². The molecule has 5 nitrogen and oxygen atoms in total. The highest BCUT2D eigenvalue weighted by molar-refractivity contribution is 9.10. The number of nitrogens with one attached hydrogen (secondary N) is 1. The molecule has 3 aromatic rings. The van der Waals surface area contributed by atoms with Gasteiger partial charge in [0.05, 0.1) is 10.6 Å². The lowest BCUT2D eigenvalue weighted by Crippen LogP contribution is -2.19. The zero-order chi connectivity index (χ0) is 20.4. The molecular weight excluding hydrogens is 448 g/mol. The van der Waals surface area contributed by atoms with E-state index in [2.05, 4.69) is 60.0 Å². The van der Waals surface area contributed by atoms with Crippen molar-refractivity contribution in [3.8, 4) is 5.69 Å². The third-order valence-corrected chi connectivity index (χ3v) is 5.85. The molecule has 7 heteroatoms. The van der Waals surface area contributed by atoms with Crippen molar-refractivity contribution in [3.63, 3.8) is 0 Å². The summed E-state index contributed by atoms with van der Waals surface area (Å²) in [5.41, 5.74) is 3.91. The van der Waals surface area contributed by atoms with Gasteiger partial charge in [-0.1, -0.05) is 15.9 Å². The van der Waals surface area contributed by atoms with E-state index in [0.29, 0.717) is 10.1 Å². The Morgan fingerprint density at radius 2 is 1.79 bits per heavy atom. The molecule has 2 heterocycles. The number of aromatic nitrogens is 1. The first-order valence-corrected chi connectivity index (χ1v) is 10.6. The van der Waals surface area contributed by atoms with Gasteiger partial charge in [0.15, 0.2) is 5.17 Å². The summed E-state index contributed by atoms with van der Waals surface area (Å²) in [5, 5.41) is 3.42. The Hall–Kier alpha value is -2.77. The lowest BCUT2D eigenvalue weighted by molar-refractivity contribution is -0.115. The van der Waals surface area contributed by atoms with Crippen molar-refractivity contribution >= 4 is 56.2 Å². The third-order valence-electron chi connectivity index (χ3n) is 4.41. The molecule has 4 rings (SSSR count). The molecule has 0 atom stereocenters. The Bertz CT molecular complexity index is 1100. The monoisotopic (exact) mass is 466 g/mol. The third kappa shape index (κ3) is 4.46. The first-order valence-electron chi connectivity index (χ1n) is 9.00. The molecule has 2 aromatic carbocycles. The van der Waals surface area contributed by atoms with Crippen LogP contribution in [-0.2, 0) is 4.79 Å². The number of rotatable bonds is 4. The van der Waals surface area contributed by atoms with Crippen LogP contribution in [0.25, 0.3) is 11.8 Å². The van der Waals surface area contributed by atoms with E-state index in [1.807, 2.05) is 62.8 Å². The average Bonchev–Trinajstić information content (AvgIpc) is 3.30. The second kappa shape index (κ2) is 8.31. The summed E-state index contributed by atoms with van der Waals surface area (Å²) in [6.45, 7) is 0. The highest BCUT2D eigenvalue weighted by Gasteiger charge is 2.24. The summed E-state index contributed by atoms with van der Waals surface area (Å²) < 4.78 is 3.05. The largest absolute Gasteiger partial charge is 0.378 e. The molecular formula is C22H19BrN4OS. The summed E-state index contributed by atoms with van der Waals surface area (Å²) in [4.78, 5) is 19.6. The van der Waals surface area contributed by atoms with E-state index in [0.717, 1.165) is 27.2 Å². The maximum Gasteiger partial charge on any atom is 0.264 e. The number of benzene rings is 2. The molecule has 0 bridgehead atoms. The van der Waals surface area contributed by atoms with Crippen LogP contribution in [0.5, 0.6) is 0 Å². The molecule has 1 fully saturated rings. The van der Waals surface area contributed by atoms with E-state index in [1.54, 1.807) is 0 Å². The Labute approximate surface area is 182 Å². The summed E-state index contributed by atoms with van der Waals surface area (Å²) in [6, 6.07) is 19.9. The Balaban J connectivity index is 1.58. The van der Waals surface area contributed by atoms with E-state index >= 15 is 0 Å². The van der Waals surface area contributed by atoms with E-state index < -0.39 is 0 Å². The summed E-state index contributed by atoms with van der Waals surface area (Å²) in [5.74, 6) is -0.137. The van der Waals surface area contributed by atoms with Crippen molar-refractivity contribution < 1.29 is 4.79 Å². The lowest BCUT2D eigenvalue weighted by atomic mass is 10.2. The minimum atomic E-state index is -0.137. The summed E-state index contributed by atoms with van der Waals surface area (Å²) >= 11 is 4.76. The maximum absolute atomic E-state index is 12.4. The van der Waals surface area contributed by atoms with Crippen molar-refractivity contribution in [2.75, 3.05) is 19.0 Å². The topological polar surface area (TPSA) is 49.6 Å². The van der Waals surface area contributed by atoms with Crippen LogP contribution < -0.4 is 10.2 Å². The molecule has 0 unspecified atom stereocenters. The Morgan fingerprint density at radius 3 is 2.48 bits per heavy atom. The van der Waals surface area contributed by atoms with Gasteiger partial charge >= 0.3 is 0 Å². The number of hydrogen-bond acceptors (Lipinski definition) is 4. The number of amidine groups is 1. The van der Waals surface area contributed by atoms with Crippen LogP contribution in [-0.4, -0.2) is 29.7 Å². The van der Waals surface area contributed by atoms with Crippen molar-refractivity contribution in [1.82, 2.24) is 9.88 Å². The number of carbonyl (C=O) groups excluding carboxylic acids is 1. The predicted octanol–water partition coefficient (Wildman–Crippen LogP) is 5.20. The van der Waals surface area contributed by atoms with Gasteiger partial charge in [-0.3, -0.25) is 4.79 Å². The van der Waals surface area contributed by atoms with E-state index in [1.165, 1.54) is 11.8 Å². The zero-order valence-electron chi connectivity index (χ0n) is 16.0. The average molecular weight is 467 g/mol. The minimum absolute atomic E-state index is 0.137. The number of aliphatic imine (C=N–C) groups is 1. The number of thioether (sulfide) groups is 1. The standard InChI is InChI=1S/C22H19BrN4OS/c1-26(2)17-9-11-18(12-10-17)27-13-3-4-19(27)14-20-21(28)25-22(29-20)24-16-7-5-15(23)6-8-16/h3-14H,1-2H3,(H,24,25,28)/b20-14-. The van der Waals surface area contributed by atoms with E-state index in [-0.39, 0.29) is 5.91 Å². The van der Waals surface area contributed by atoms with E-state index in [9.17, 15) is 4.79 Å². The number of carbonyl (C=O) groups is 1. The van der Waals surface area contributed by atoms with Crippen molar-refractivity contribution in [3.05, 3.63) is 81.9 Å². The minimum Gasteiger partial charge on any atom is -0.378 e. The maximum atomic E-state index is 12.4. The number of anilines is 1. The van der Waals surface area contributed by atoms with Crippen molar-refractivity contribution in [2.45, 2.75) is 0 Å². The van der Waals surface area contributed by atoms with Gasteiger partial charge in [0.25, 0.3) is 5.91 Å². The summed E-state index contributed by atoms with van der Waals surface area (Å²) in [7, 11) is 4.04. The number of nitrogens with zero attached hydrogens (tertiary/aromatic N) is 3. The van der Waals surface area contributed by atoms with Gasteiger partial charge < -0.3 is 14.8 Å². The van der Waals surface area contributed by atoms with Crippen LogP contribution >= 0.6 is 27.7 Å². The summed E-state index contributed by atoms with van der Waals surface area (Å²) in [6.07, 6.45) is 3.88. The molecule has 1 aliphatic heterocycles. The first kappa shape index (κ1) is 19.5. The Kier molecular flexibility index (Phi) is 5.60. The Morgan fingerprint density at radius 1 is 1.07 bits per heavy atom. The van der Waals surface area contributed by atoms with Crippen molar-refractivity contribution in [1.29, 1.82) is 0 Å². The van der Waals surface area contributed by atoms with Gasteiger partial charge in [-0.2, -0.15) is 0 Å². The molecule has 0 aliphatic carbocycles.